The van der Waals surface area contributed by atoms with Gasteiger partial charge in [0.25, 0.3) is 5.56 Å². The lowest BCUT2D eigenvalue weighted by Gasteiger charge is -2.36. The van der Waals surface area contributed by atoms with Crippen LogP contribution < -0.4 is 5.56 Å². The number of hydrogen-bond acceptors (Lipinski definition) is 7. The number of nitrogens with zero attached hydrogens (tertiary/aromatic N) is 6. The average Bonchev–Trinajstić information content (AvgIpc) is 3.56. The van der Waals surface area contributed by atoms with E-state index >= 15 is 0 Å². The molecule has 0 amide bonds. The monoisotopic (exact) mass is 488 g/mol. The highest BCUT2D eigenvalue weighted by atomic mass is 19.4. The summed E-state index contributed by atoms with van der Waals surface area (Å²) in [7, 11) is 0. The van der Waals surface area contributed by atoms with Gasteiger partial charge in [0.2, 0.25) is 11.7 Å². The van der Waals surface area contributed by atoms with Crippen LogP contribution in [0.15, 0.2) is 39.6 Å². The molecule has 11 heteroatoms. The van der Waals surface area contributed by atoms with Gasteiger partial charge in [0.15, 0.2) is 0 Å². The van der Waals surface area contributed by atoms with Crippen molar-refractivity contribution >= 4 is 0 Å². The van der Waals surface area contributed by atoms with E-state index in [1.54, 1.807) is 0 Å². The second-order valence-corrected chi connectivity index (χ2v) is 9.35. The molecule has 35 heavy (non-hydrogen) atoms. The predicted molar refractivity (Wildman–Crippen MR) is 122 cm³/mol. The maximum Gasteiger partial charge on any atom is 0.421 e. The van der Waals surface area contributed by atoms with Crippen LogP contribution in [0.4, 0.5) is 13.2 Å². The maximum absolute atomic E-state index is 13.4. The summed E-state index contributed by atoms with van der Waals surface area (Å²) >= 11 is 0. The molecule has 1 unspecified atom stereocenters. The fourth-order valence-electron chi connectivity index (χ4n) is 4.30. The molecule has 186 valence electrons. The first kappa shape index (κ1) is 23.7. The Morgan fingerprint density at radius 2 is 1.80 bits per heavy atom. The van der Waals surface area contributed by atoms with Crippen LogP contribution >= 0.6 is 0 Å². The smallest absolute Gasteiger partial charge is 0.337 e. The van der Waals surface area contributed by atoms with Crippen molar-refractivity contribution in [1.29, 1.82) is 0 Å². The second-order valence-electron chi connectivity index (χ2n) is 9.35. The summed E-state index contributed by atoms with van der Waals surface area (Å²) < 4.78 is 46.7. The highest BCUT2D eigenvalue weighted by molar-refractivity contribution is 5.54. The van der Waals surface area contributed by atoms with Crippen molar-refractivity contribution in [3.8, 4) is 11.4 Å². The van der Waals surface area contributed by atoms with Crippen LogP contribution in [0.3, 0.4) is 0 Å². The Morgan fingerprint density at radius 3 is 2.43 bits per heavy atom. The largest absolute Gasteiger partial charge is 0.421 e. The van der Waals surface area contributed by atoms with Crippen LogP contribution in [0.2, 0.25) is 0 Å². The normalized spacial score (nSPS) is 18.7. The molecule has 2 fully saturated rings. The van der Waals surface area contributed by atoms with Gasteiger partial charge in [0, 0.05) is 37.7 Å². The van der Waals surface area contributed by atoms with Gasteiger partial charge in [-0.3, -0.25) is 14.6 Å². The Morgan fingerprint density at radius 1 is 1.11 bits per heavy atom. The fraction of sp³-hybridized carbons (Fsp3) is 0.500. The van der Waals surface area contributed by atoms with Gasteiger partial charge in [0.1, 0.15) is 5.56 Å². The molecule has 0 spiro atoms. The van der Waals surface area contributed by atoms with Gasteiger partial charge < -0.3 is 4.52 Å². The molecule has 1 aromatic carbocycles. The number of halogens is 3. The van der Waals surface area contributed by atoms with Crippen LogP contribution in [-0.2, 0) is 12.8 Å². The highest BCUT2D eigenvalue weighted by Gasteiger charge is 2.38. The van der Waals surface area contributed by atoms with E-state index < -0.39 is 17.3 Å². The highest BCUT2D eigenvalue weighted by Crippen LogP contribution is 2.40. The van der Waals surface area contributed by atoms with E-state index in [0.717, 1.165) is 34.7 Å². The van der Waals surface area contributed by atoms with Gasteiger partial charge in [0.05, 0.1) is 18.4 Å². The molecule has 2 aliphatic rings. The molecule has 1 aliphatic heterocycles. The van der Waals surface area contributed by atoms with E-state index in [4.69, 9.17) is 4.52 Å². The molecule has 5 rings (SSSR count). The quantitative estimate of drug-likeness (QED) is 0.522. The van der Waals surface area contributed by atoms with Crippen molar-refractivity contribution in [2.24, 2.45) is 0 Å². The number of benzene rings is 1. The molecule has 2 aromatic heterocycles. The molecule has 1 saturated heterocycles. The summed E-state index contributed by atoms with van der Waals surface area (Å²) in [5.41, 5.74) is 0.155. The minimum atomic E-state index is -4.69. The van der Waals surface area contributed by atoms with E-state index in [0.29, 0.717) is 43.6 Å². The number of aryl methyl sites for hydroxylation is 1. The van der Waals surface area contributed by atoms with Crippen LogP contribution in [0.1, 0.15) is 54.4 Å². The van der Waals surface area contributed by atoms with Crippen LogP contribution in [0, 0.1) is 6.92 Å². The Balaban J connectivity index is 1.24. The zero-order valence-corrected chi connectivity index (χ0v) is 19.6. The standard InChI is InChI=1S/C24H27F3N6O2/c1-15-3-5-18(6-4-15)21-28-22(35-30-21)16(2)32-11-9-31(10-12-32)14-33-23(34)19(24(25,26)27)13-20(29-33)17-7-8-17/h3-6,13,16-17H,7-12,14H2,1-2H3. The van der Waals surface area contributed by atoms with Gasteiger partial charge in [-0.25, -0.2) is 4.68 Å². The van der Waals surface area contributed by atoms with Gasteiger partial charge in [-0.1, -0.05) is 35.0 Å². The Kier molecular flexibility index (Phi) is 6.22. The van der Waals surface area contributed by atoms with E-state index in [-0.39, 0.29) is 18.6 Å². The predicted octanol–water partition coefficient (Wildman–Crippen LogP) is 3.83. The van der Waals surface area contributed by atoms with Crippen molar-refractivity contribution < 1.29 is 17.7 Å². The summed E-state index contributed by atoms with van der Waals surface area (Å²) in [5, 5.41) is 8.36. The number of hydrogen-bond donors (Lipinski definition) is 0. The van der Waals surface area contributed by atoms with Crippen molar-refractivity contribution in [1.82, 2.24) is 29.7 Å². The third kappa shape index (κ3) is 5.15. The molecule has 8 nitrogen and oxygen atoms in total. The van der Waals surface area contributed by atoms with Gasteiger partial charge in [-0.15, -0.1) is 0 Å². The van der Waals surface area contributed by atoms with Crippen LogP contribution in [0.25, 0.3) is 11.4 Å². The molecular weight excluding hydrogens is 461 g/mol. The average molecular weight is 489 g/mol. The summed E-state index contributed by atoms with van der Waals surface area (Å²) in [6, 6.07) is 8.70. The van der Waals surface area contributed by atoms with Crippen molar-refractivity contribution in [3.63, 3.8) is 0 Å². The van der Waals surface area contributed by atoms with Gasteiger partial charge in [-0.2, -0.15) is 23.3 Å². The lowest BCUT2D eigenvalue weighted by molar-refractivity contribution is -0.139. The first-order valence-electron chi connectivity index (χ1n) is 11.8. The first-order chi connectivity index (χ1) is 16.7. The fourth-order valence-corrected chi connectivity index (χ4v) is 4.30. The molecule has 0 bridgehead atoms. The SMILES string of the molecule is Cc1ccc(-c2noc(C(C)N3CCN(Cn4nc(C5CC5)cc(C(F)(F)F)c4=O)CC3)n2)cc1. The van der Waals surface area contributed by atoms with Crippen LogP contribution in [-0.4, -0.2) is 55.9 Å². The van der Waals surface area contributed by atoms with E-state index in [1.807, 2.05) is 43.0 Å². The summed E-state index contributed by atoms with van der Waals surface area (Å²) in [5.74, 6) is 1.06. The van der Waals surface area contributed by atoms with Gasteiger partial charge in [-0.05, 0) is 32.8 Å². The van der Waals surface area contributed by atoms with E-state index in [2.05, 4.69) is 20.1 Å². The summed E-state index contributed by atoms with van der Waals surface area (Å²) in [6.07, 6.45) is -3.08. The third-order valence-corrected chi connectivity index (χ3v) is 6.69. The lowest BCUT2D eigenvalue weighted by Crippen LogP contribution is -2.49. The van der Waals surface area contributed by atoms with Crippen molar-refractivity contribution in [3.05, 3.63) is 63.4 Å². The lowest BCUT2D eigenvalue weighted by atomic mass is 10.1. The molecule has 3 aromatic rings. The topological polar surface area (TPSA) is 80.3 Å². The number of piperazine rings is 1. The minimum absolute atomic E-state index is 0.0138. The first-order valence-corrected chi connectivity index (χ1v) is 11.8. The molecule has 3 heterocycles. The summed E-state index contributed by atoms with van der Waals surface area (Å²) in [4.78, 5) is 21.2. The molecular formula is C24H27F3N6O2. The maximum atomic E-state index is 13.4. The zero-order chi connectivity index (χ0) is 24.7. The number of aromatic nitrogens is 4. The van der Waals surface area contributed by atoms with Crippen molar-refractivity contribution in [2.75, 3.05) is 26.2 Å². The van der Waals surface area contributed by atoms with Crippen LogP contribution in [0.5, 0.6) is 0 Å². The molecule has 0 N–H and O–H groups in total. The minimum Gasteiger partial charge on any atom is -0.337 e. The summed E-state index contributed by atoms with van der Waals surface area (Å²) in [6.45, 7) is 6.47. The Hall–Kier alpha value is -3.05. The molecule has 0 radical (unpaired) electrons. The van der Waals surface area contributed by atoms with Crippen molar-refractivity contribution in [2.45, 2.75) is 51.5 Å². The Labute approximate surface area is 200 Å². The second kappa shape index (κ2) is 9.19. The molecule has 1 atom stereocenters. The Bertz CT molecular complexity index is 1240. The zero-order valence-electron chi connectivity index (χ0n) is 19.6. The molecule has 1 aliphatic carbocycles. The van der Waals surface area contributed by atoms with E-state index in [9.17, 15) is 18.0 Å². The number of alkyl halides is 3. The third-order valence-electron chi connectivity index (χ3n) is 6.69. The van der Waals surface area contributed by atoms with E-state index in [1.165, 1.54) is 0 Å². The number of rotatable bonds is 6. The van der Waals surface area contributed by atoms with Gasteiger partial charge >= 0.3 is 6.18 Å². The molecule has 1 saturated carbocycles.